The number of amides is 1. The number of alkyl halides is 2. The van der Waals surface area contributed by atoms with Crippen LogP contribution in [0.15, 0.2) is 11.2 Å². The van der Waals surface area contributed by atoms with Crippen LogP contribution in [0.4, 0.5) is 14.6 Å². The molecule has 2 aliphatic heterocycles. The summed E-state index contributed by atoms with van der Waals surface area (Å²) < 4.78 is 26.5. The third-order valence-electron chi connectivity index (χ3n) is 4.67. The molecule has 2 saturated heterocycles. The maximum Gasteiger partial charge on any atom is 0.251 e. The van der Waals surface area contributed by atoms with Crippen LogP contribution in [0, 0.1) is 12.8 Å². The van der Waals surface area contributed by atoms with E-state index in [4.69, 9.17) is 0 Å². The fourth-order valence-electron chi connectivity index (χ4n) is 3.26. The molecule has 0 spiro atoms. The van der Waals surface area contributed by atoms with Crippen LogP contribution in [-0.4, -0.2) is 59.1 Å². The number of thioether (sulfide) groups is 1. The molecular weight excluding hydrogens is 334 g/mol. The van der Waals surface area contributed by atoms with Crippen LogP contribution in [0.1, 0.15) is 25.0 Å². The van der Waals surface area contributed by atoms with Gasteiger partial charge in [-0.2, -0.15) is 0 Å². The van der Waals surface area contributed by atoms with E-state index in [2.05, 4.69) is 14.9 Å². The van der Waals surface area contributed by atoms with E-state index >= 15 is 0 Å². The summed E-state index contributed by atoms with van der Waals surface area (Å²) in [6, 6.07) is 1.92. The zero-order valence-electron chi connectivity index (χ0n) is 14.0. The first-order valence-electron chi connectivity index (χ1n) is 8.19. The zero-order valence-corrected chi connectivity index (χ0v) is 14.8. The third kappa shape index (κ3) is 3.79. The fraction of sp³-hybridized carbons (Fsp3) is 0.688. The highest BCUT2D eigenvalue weighted by Gasteiger charge is 2.39. The van der Waals surface area contributed by atoms with Gasteiger partial charge in [-0.15, -0.1) is 0 Å². The number of rotatable bonds is 3. The van der Waals surface area contributed by atoms with Gasteiger partial charge in [-0.25, -0.2) is 18.7 Å². The Hall–Kier alpha value is -1.44. The number of anilines is 1. The molecular formula is C16H22F2N4OS. The van der Waals surface area contributed by atoms with E-state index in [0.717, 1.165) is 29.6 Å². The van der Waals surface area contributed by atoms with Crippen LogP contribution >= 0.6 is 11.8 Å². The lowest BCUT2D eigenvalue weighted by atomic mass is 10.0. The number of halogens is 2. The average Bonchev–Trinajstić information content (AvgIpc) is 3.03. The number of hydrogen-bond acceptors (Lipinski definition) is 5. The minimum Gasteiger partial charge on any atom is -0.356 e. The number of likely N-dealkylation sites (tertiary alicyclic amines) is 1. The molecule has 1 unspecified atom stereocenters. The van der Waals surface area contributed by atoms with Gasteiger partial charge in [0.15, 0.2) is 5.16 Å². The van der Waals surface area contributed by atoms with Crippen molar-refractivity contribution in [1.29, 1.82) is 0 Å². The minimum absolute atomic E-state index is 0.00358. The Labute approximate surface area is 144 Å². The van der Waals surface area contributed by atoms with Gasteiger partial charge in [-0.1, -0.05) is 11.8 Å². The lowest BCUT2D eigenvalue weighted by Gasteiger charge is -2.33. The van der Waals surface area contributed by atoms with E-state index in [1.54, 1.807) is 4.90 Å². The second-order valence-corrected chi connectivity index (χ2v) is 7.24. The van der Waals surface area contributed by atoms with Crippen molar-refractivity contribution in [1.82, 2.24) is 14.9 Å². The van der Waals surface area contributed by atoms with Crippen LogP contribution in [0.5, 0.6) is 0 Å². The number of carbonyl (C=O) groups is 1. The van der Waals surface area contributed by atoms with Gasteiger partial charge in [-0.05, 0) is 19.6 Å². The van der Waals surface area contributed by atoms with Crippen molar-refractivity contribution in [2.24, 2.45) is 5.92 Å². The van der Waals surface area contributed by atoms with Crippen LogP contribution in [0.3, 0.4) is 0 Å². The molecule has 132 valence electrons. The van der Waals surface area contributed by atoms with Gasteiger partial charge in [0.05, 0.1) is 5.92 Å². The Morgan fingerprint density at radius 3 is 2.67 bits per heavy atom. The van der Waals surface area contributed by atoms with E-state index < -0.39 is 5.92 Å². The third-order valence-corrected chi connectivity index (χ3v) is 5.22. The second-order valence-electron chi connectivity index (χ2n) is 6.47. The highest BCUT2D eigenvalue weighted by Crippen LogP contribution is 2.30. The summed E-state index contributed by atoms with van der Waals surface area (Å²) in [5, 5.41) is 0.720. The minimum atomic E-state index is -2.62. The van der Waals surface area contributed by atoms with Crippen molar-refractivity contribution in [3.05, 3.63) is 11.8 Å². The normalized spacial score (nSPS) is 23.6. The van der Waals surface area contributed by atoms with Gasteiger partial charge >= 0.3 is 0 Å². The largest absolute Gasteiger partial charge is 0.356 e. The van der Waals surface area contributed by atoms with Gasteiger partial charge in [0, 0.05) is 50.8 Å². The topological polar surface area (TPSA) is 49.3 Å². The standard InChI is InChI=1S/C16H22F2N4OS/c1-11-9-13(20-15(19-11)24-2)22-6-3-12(10-22)14(23)21-7-4-16(17,18)5-8-21/h9,12H,3-8,10H2,1-2H3. The quantitative estimate of drug-likeness (QED) is 0.615. The van der Waals surface area contributed by atoms with Gasteiger partial charge in [-0.3, -0.25) is 4.79 Å². The molecule has 1 amide bonds. The molecule has 0 aromatic carbocycles. The molecule has 1 atom stereocenters. The monoisotopic (exact) mass is 356 g/mol. The zero-order chi connectivity index (χ0) is 17.3. The van der Waals surface area contributed by atoms with Crippen molar-refractivity contribution < 1.29 is 13.6 Å². The van der Waals surface area contributed by atoms with E-state index in [1.165, 1.54) is 11.8 Å². The van der Waals surface area contributed by atoms with Crippen LogP contribution < -0.4 is 4.90 Å². The molecule has 0 N–H and O–H groups in total. The number of aromatic nitrogens is 2. The molecule has 0 radical (unpaired) electrons. The molecule has 1 aromatic heterocycles. The molecule has 24 heavy (non-hydrogen) atoms. The summed E-state index contributed by atoms with van der Waals surface area (Å²) in [5.74, 6) is -1.91. The summed E-state index contributed by atoms with van der Waals surface area (Å²) >= 11 is 1.49. The highest BCUT2D eigenvalue weighted by atomic mass is 32.2. The molecule has 2 fully saturated rings. The molecule has 0 aliphatic carbocycles. The number of aryl methyl sites for hydroxylation is 1. The summed E-state index contributed by atoms with van der Waals surface area (Å²) in [4.78, 5) is 25.1. The van der Waals surface area contributed by atoms with Gasteiger partial charge in [0.25, 0.3) is 5.92 Å². The van der Waals surface area contributed by atoms with Crippen LogP contribution in [-0.2, 0) is 4.79 Å². The summed E-state index contributed by atoms with van der Waals surface area (Å²) in [7, 11) is 0. The summed E-state index contributed by atoms with van der Waals surface area (Å²) in [5.41, 5.74) is 0.900. The van der Waals surface area contributed by atoms with E-state index in [0.29, 0.717) is 6.54 Å². The SMILES string of the molecule is CSc1nc(C)cc(N2CCC(C(=O)N3CCC(F)(F)CC3)C2)n1. The lowest BCUT2D eigenvalue weighted by Crippen LogP contribution is -2.45. The summed E-state index contributed by atoms with van der Waals surface area (Å²) in [6.07, 6.45) is 2.22. The van der Waals surface area contributed by atoms with Gasteiger partial charge in [0.2, 0.25) is 5.91 Å². The first-order chi connectivity index (χ1) is 11.4. The predicted molar refractivity (Wildman–Crippen MR) is 89.6 cm³/mol. The van der Waals surface area contributed by atoms with Crippen molar-refractivity contribution >= 4 is 23.5 Å². The highest BCUT2D eigenvalue weighted by molar-refractivity contribution is 7.98. The van der Waals surface area contributed by atoms with E-state index in [9.17, 15) is 13.6 Å². The molecule has 5 nitrogen and oxygen atoms in total. The predicted octanol–water partition coefficient (Wildman–Crippen LogP) is 2.59. The van der Waals surface area contributed by atoms with E-state index in [1.807, 2.05) is 19.2 Å². The Balaban J connectivity index is 1.63. The molecule has 3 rings (SSSR count). The Morgan fingerprint density at radius 2 is 2.00 bits per heavy atom. The molecule has 8 heteroatoms. The molecule has 3 heterocycles. The van der Waals surface area contributed by atoms with Gasteiger partial charge < -0.3 is 9.80 Å². The van der Waals surface area contributed by atoms with Gasteiger partial charge in [0.1, 0.15) is 5.82 Å². The molecule has 0 bridgehead atoms. The number of piperidine rings is 1. The molecule has 0 saturated carbocycles. The van der Waals surface area contributed by atoms with Crippen molar-refractivity contribution in [3.63, 3.8) is 0 Å². The van der Waals surface area contributed by atoms with E-state index in [-0.39, 0.29) is 37.8 Å². The Kier molecular flexibility index (Phi) is 4.94. The molecule has 2 aliphatic rings. The number of carbonyl (C=O) groups excluding carboxylic acids is 1. The lowest BCUT2D eigenvalue weighted by molar-refractivity contribution is -0.140. The van der Waals surface area contributed by atoms with Crippen LogP contribution in [0.25, 0.3) is 0 Å². The maximum absolute atomic E-state index is 13.2. The fourth-order valence-corrected chi connectivity index (χ4v) is 3.68. The Morgan fingerprint density at radius 1 is 1.29 bits per heavy atom. The number of nitrogens with zero attached hydrogens (tertiary/aromatic N) is 4. The second kappa shape index (κ2) is 6.82. The Bertz CT molecular complexity index is 618. The smallest absolute Gasteiger partial charge is 0.251 e. The van der Waals surface area contributed by atoms with Crippen molar-refractivity contribution in [3.8, 4) is 0 Å². The number of hydrogen-bond donors (Lipinski definition) is 0. The average molecular weight is 356 g/mol. The first-order valence-corrected chi connectivity index (χ1v) is 9.42. The van der Waals surface area contributed by atoms with Crippen molar-refractivity contribution in [2.45, 2.75) is 37.3 Å². The maximum atomic E-state index is 13.2. The first kappa shape index (κ1) is 17.4. The van der Waals surface area contributed by atoms with Crippen molar-refractivity contribution in [2.75, 3.05) is 37.3 Å². The van der Waals surface area contributed by atoms with Crippen LogP contribution in [0.2, 0.25) is 0 Å². The summed E-state index contributed by atoms with van der Waals surface area (Å²) in [6.45, 7) is 3.59. The molecule has 1 aromatic rings.